The predicted molar refractivity (Wildman–Crippen MR) is 84.4 cm³/mol. The van der Waals surface area contributed by atoms with Gasteiger partial charge in [-0.25, -0.2) is 5.01 Å². The normalized spacial score (nSPS) is 17.2. The fourth-order valence-electron chi connectivity index (χ4n) is 2.69. The highest BCUT2D eigenvalue weighted by molar-refractivity contribution is 6.05. The fraction of sp³-hybridized carbons (Fsp3) is 0.294. The minimum Gasteiger partial charge on any atom is -0.504 e. The van der Waals surface area contributed by atoms with Crippen molar-refractivity contribution in [3.8, 4) is 11.5 Å². The molecule has 0 bridgehead atoms. The topological polar surface area (TPSA) is 75.3 Å². The van der Waals surface area contributed by atoms with Gasteiger partial charge < -0.3 is 14.3 Å². The van der Waals surface area contributed by atoms with Gasteiger partial charge in [-0.1, -0.05) is 13.0 Å². The van der Waals surface area contributed by atoms with Crippen LogP contribution in [0, 0.1) is 0 Å². The monoisotopic (exact) mass is 314 g/mol. The molecule has 120 valence electrons. The molecule has 2 heterocycles. The van der Waals surface area contributed by atoms with Gasteiger partial charge >= 0.3 is 0 Å². The lowest BCUT2D eigenvalue weighted by Crippen LogP contribution is -2.25. The number of hydrogen-bond acceptors (Lipinski definition) is 5. The number of carbonyl (C=O) groups excluding carboxylic acids is 1. The Kier molecular flexibility index (Phi) is 4.06. The summed E-state index contributed by atoms with van der Waals surface area (Å²) < 4.78 is 10.6. The molecule has 0 radical (unpaired) electrons. The van der Waals surface area contributed by atoms with Crippen LogP contribution in [0.2, 0.25) is 0 Å². The van der Waals surface area contributed by atoms with Gasteiger partial charge in [0, 0.05) is 18.4 Å². The lowest BCUT2D eigenvalue weighted by molar-refractivity contribution is -0.133. The molecule has 1 atom stereocenters. The van der Waals surface area contributed by atoms with Crippen LogP contribution in [0.4, 0.5) is 0 Å². The van der Waals surface area contributed by atoms with E-state index >= 15 is 0 Å². The maximum absolute atomic E-state index is 12.2. The van der Waals surface area contributed by atoms with Gasteiger partial charge in [-0.2, -0.15) is 5.10 Å². The third-order valence-electron chi connectivity index (χ3n) is 3.87. The molecule has 1 N–H and O–H groups in total. The number of ether oxygens (including phenoxy) is 1. The number of furan rings is 1. The van der Waals surface area contributed by atoms with Crippen molar-refractivity contribution in [1.82, 2.24) is 5.01 Å². The van der Waals surface area contributed by atoms with Gasteiger partial charge in [-0.05, 0) is 24.3 Å². The number of hydrogen-bond donors (Lipinski definition) is 1. The number of para-hydroxylation sites is 1. The van der Waals surface area contributed by atoms with Crippen molar-refractivity contribution in [1.29, 1.82) is 0 Å². The summed E-state index contributed by atoms with van der Waals surface area (Å²) in [6.45, 7) is 1.79. The van der Waals surface area contributed by atoms with Crippen molar-refractivity contribution in [3.63, 3.8) is 0 Å². The molecule has 6 nitrogen and oxygen atoms in total. The Labute approximate surface area is 134 Å². The molecule has 0 aliphatic carbocycles. The summed E-state index contributed by atoms with van der Waals surface area (Å²) in [7, 11) is 1.49. The molecule has 0 saturated heterocycles. The minimum atomic E-state index is -0.293. The third kappa shape index (κ3) is 2.67. The van der Waals surface area contributed by atoms with Crippen molar-refractivity contribution in [2.75, 3.05) is 7.11 Å². The Balaban J connectivity index is 1.99. The Bertz CT molecular complexity index is 737. The lowest BCUT2D eigenvalue weighted by atomic mass is 10.0. The predicted octanol–water partition coefficient (Wildman–Crippen LogP) is 3.08. The van der Waals surface area contributed by atoms with E-state index in [1.54, 1.807) is 37.5 Å². The van der Waals surface area contributed by atoms with Gasteiger partial charge in [0.1, 0.15) is 11.8 Å². The number of phenols is 1. The van der Waals surface area contributed by atoms with E-state index in [0.29, 0.717) is 35.6 Å². The number of rotatable bonds is 4. The highest BCUT2D eigenvalue weighted by Crippen LogP contribution is 2.37. The first kappa shape index (κ1) is 15.1. The molecule has 2 aromatic rings. The number of carbonyl (C=O) groups is 1. The van der Waals surface area contributed by atoms with E-state index in [1.165, 1.54) is 12.1 Å². The maximum atomic E-state index is 12.2. The summed E-state index contributed by atoms with van der Waals surface area (Å²) in [4.78, 5) is 12.2. The molecule has 1 unspecified atom stereocenters. The van der Waals surface area contributed by atoms with Crippen LogP contribution in [0.25, 0.3) is 0 Å². The fourth-order valence-corrected chi connectivity index (χ4v) is 2.69. The second-order valence-corrected chi connectivity index (χ2v) is 5.23. The molecule has 0 spiro atoms. The molecular formula is C17H18N2O4. The molecule has 1 aliphatic heterocycles. The van der Waals surface area contributed by atoms with Crippen LogP contribution < -0.4 is 4.74 Å². The first-order chi connectivity index (χ1) is 11.2. The van der Waals surface area contributed by atoms with Crippen LogP contribution in [0.3, 0.4) is 0 Å². The molecule has 1 aromatic carbocycles. The average Bonchev–Trinajstić information content (AvgIpc) is 3.23. The Morgan fingerprint density at radius 3 is 2.91 bits per heavy atom. The van der Waals surface area contributed by atoms with Crippen molar-refractivity contribution in [3.05, 3.63) is 47.9 Å². The number of hydrazone groups is 1. The first-order valence-corrected chi connectivity index (χ1v) is 7.45. The molecule has 3 rings (SSSR count). The van der Waals surface area contributed by atoms with Crippen molar-refractivity contribution >= 4 is 11.6 Å². The van der Waals surface area contributed by atoms with Gasteiger partial charge in [-0.15, -0.1) is 0 Å². The smallest absolute Gasteiger partial charge is 0.243 e. The summed E-state index contributed by atoms with van der Waals surface area (Å²) in [5.41, 5.74) is 1.19. The van der Waals surface area contributed by atoms with Gasteiger partial charge in [0.2, 0.25) is 5.91 Å². The molecule has 6 heteroatoms. The van der Waals surface area contributed by atoms with E-state index in [0.717, 1.165) is 0 Å². The number of benzene rings is 1. The number of aromatic hydroxyl groups is 1. The Morgan fingerprint density at radius 1 is 1.43 bits per heavy atom. The second-order valence-electron chi connectivity index (χ2n) is 5.23. The van der Waals surface area contributed by atoms with E-state index < -0.39 is 0 Å². The zero-order valence-corrected chi connectivity index (χ0v) is 13.0. The lowest BCUT2D eigenvalue weighted by Gasteiger charge is -2.18. The van der Waals surface area contributed by atoms with E-state index in [2.05, 4.69) is 5.10 Å². The standard InChI is InChI=1S/C17H18N2O4/c1-3-16(20)19-13(14-8-5-9-23-14)10-12(18-19)11-6-4-7-15(22-2)17(11)21/h4-9,13,21H,3,10H2,1-2H3. The van der Waals surface area contributed by atoms with Gasteiger partial charge in [0.25, 0.3) is 0 Å². The Morgan fingerprint density at radius 2 is 2.26 bits per heavy atom. The summed E-state index contributed by atoms with van der Waals surface area (Å²) in [6, 6.07) is 8.53. The summed E-state index contributed by atoms with van der Waals surface area (Å²) >= 11 is 0. The van der Waals surface area contributed by atoms with Crippen molar-refractivity contribution < 1.29 is 19.1 Å². The minimum absolute atomic E-state index is 0.0257. The molecule has 0 saturated carbocycles. The van der Waals surface area contributed by atoms with Crippen molar-refractivity contribution in [2.24, 2.45) is 5.10 Å². The highest BCUT2D eigenvalue weighted by atomic mass is 16.5. The van der Waals surface area contributed by atoms with Gasteiger partial charge in [0.15, 0.2) is 11.5 Å². The molecule has 1 aliphatic rings. The molecule has 0 fully saturated rings. The number of nitrogens with zero attached hydrogens (tertiary/aromatic N) is 2. The first-order valence-electron chi connectivity index (χ1n) is 7.45. The van der Waals surface area contributed by atoms with Crippen LogP contribution in [0.15, 0.2) is 46.1 Å². The zero-order chi connectivity index (χ0) is 16.4. The number of amides is 1. The summed E-state index contributed by atoms with van der Waals surface area (Å²) in [5, 5.41) is 16.2. The van der Waals surface area contributed by atoms with E-state index in [4.69, 9.17) is 9.15 Å². The number of methoxy groups -OCH3 is 1. The molecule has 1 amide bonds. The molecular weight excluding hydrogens is 296 g/mol. The van der Waals surface area contributed by atoms with Crippen LogP contribution in [0.1, 0.15) is 37.1 Å². The van der Waals surface area contributed by atoms with Crippen LogP contribution >= 0.6 is 0 Å². The van der Waals surface area contributed by atoms with Crippen LogP contribution in [-0.4, -0.2) is 28.8 Å². The molecule has 1 aromatic heterocycles. The van der Waals surface area contributed by atoms with E-state index in [-0.39, 0.29) is 17.7 Å². The third-order valence-corrected chi connectivity index (χ3v) is 3.87. The zero-order valence-electron chi connectivity index (χ0n) is 13.0. The van der Waals surface area contributed by atoms with Crippen LogP contribution in [-0.2, 0) is 4.79 Å². The SMILES string of the molecule is CCC(=O)N1N=C(c2cccc(OC)c2O)CC1c1ccco1. The molecule has 23 heavy (non-hydrogen) atoms. The van der Waals surface area contributed by atoms with Gasteiger partial charge in [-0.3, -0.25) is 4.79 Å². The van der Waals surface area contributed by atoms with Gasteiger partial charge in [0.05, 0.1) is 19.1 Å². The maximum Gasteiger partial charge on any atom is 0.243 e. The Hall–Kier alpha value is -2.76. The second kappa shape index (κ2) is 6.16. The largest absolute Gasteiger partial charge is 0.504 e. The summed E-state index contributed by atoms with van der Waals surface area (Å²) in [5.74, 6) is 0.981. The van der Waals surface area contributed by atoms with Crippen LogP contribution in [0.5, 0.6) is 11.5 Å². The average molecular weight is 314 g/mol. The summed E-state index contributed by atoms with van der Waals surface area (Å²) in [6.07, 6.45) is 2.39. The number of phenolic OH excluding ortho intramolecular Hbond substituents is 1. The highest BCUT2D eigenvalue weighted by Gasteiger charge is 2.35. The van der Waals surface area contributed by atoms with E-state index in [9.17, 15) is 9.90 Å². The van der Waals surface area contributed by atoms with Crippen molar-refractivity contribution in [2.45, 2.75) is 25.8 Å². The van der Waals surface area contributed by atoms with E-state index in [1.807, 2.05) is 6.07 Å². The quantitative estimate of drug-likeness (QED) is 0.941.